The van der Waals surface area contributed by atoms with E-state index < -0.39 is 0 Å². The van der Waals surface area contributed by atoms with Gasteiger partial charge in [0.05, 0.1) is 18.8 Å². The highest BCUT2D eigenvalue weighted by Gasteiger charge is 2.17. The van der Waals surface area contributed by atoms with Crippen molar-refractivity contribution in [2.24, 2.45) is 5.73 Å². The molecule has 0 bridgehead atoms. The van der Waals surface area contributed by atoms with Gasteiger partial charge in [0, 0.05) is 19.6 Å². The van der Waals surface area contributed by atoms with Gasteiger partial charge in [-0.1, -0.05) is 0 Å². The number of hydrogen-bond donors (Lipinski definition) is 1. The Morgan fingerprint density at radius 2 is 2.58 bits per heavy atom. The van der Waals surface area contributed by atoms with E-state index in [0.29, 0.717) is 6.54 Å². The zero-order valence-corrected chi connectivity index (χ0v) is 7.36. The maximum Gasteiger partial charge on any atom is 0.106 e. The van der Waals surface area contributed by atoms with Gasteiger partial charge in [0.1, 0.15) is 6.04 Å². The van der Waals surface area contributed by atoms with E-state index in [-0.39, 0.29) is 12.1 Å². The van der Waals surface area contributed by atoms with Crippen LogP contribution in [0.25, 0.3) is 0 Å². The van der Waals surface area contributed by atoms with Gasteiger partial charge in [-0.3, -0.25) is 4.90 Å². The van der Waals surface area contributed by atoms with Crippen LogP contribution in [0.4, 0.5) is 0 Å². The summed E-state index contributed by atoms with van der Waals surface area (Å²) in [6, 6.07) is 1.66. The Kier molecular flexibility index (Phi) is 3.48. The van der Waals surface area contributed by atoms with Crippen LogP contribution in [0.2, 0.25) is 0 Å². The third kappa shape index (κ3) is 2.78. The summed E-state index contributed by atoms with van der Waals surface area (Å²) in [4.78, 5) is 2.17. The minimum absolute atomic E-state index is 0.268. The van der Waals surface area contributed by atoms with E-state index in [1.807, 2.05) is 13.0 Å². The minimum atomic E-state index is -0.365. The lowest BCUT2D eigenvalue weighted by Crippen LogP contribution is -2.46. The first-order valence-electron chi connectivity index (χ1n) is 4.21. The molecule has 0 spiro atoms. The molecule has 4 heteroatoms. The Hall–Kier alpha value is -0.630. The van der Waals surface area contributed by atoms with Crippen molar-refractivity contribution >= 4 is 0 Å². The SMILES string of the molecule is CC1CN(CC(N)C#N)CCO1. The van der Waals surface area contributed by atoms with Gasteiger partial charge in [0.25, 0.3) is 0 Å². The largest absolute Gasteiger partial charge is 0.376 e. The number of nitrogens with two attached hydrogens (primary N) is 1. The molecule has 1 fully saturated rings. The van der Waals surface area contributed by atoms with Gasteiger partial charge in [0.2, 0.25) is 0 Å². The molecule has 1 rings (SSSR count). The summed E-state index contributed by atoms with van der Waals surface area (Å²) in [5.74, 6) is 0. The van der Waals surface area contributed by atoms with E-state index in [1.165, 1.54) is 0 Å². The van der Waals surface area contributed by atoms with Crippen LogP contribution in [0.5, 0.6) is 0 Å². The molecule has 2 N–H and O–H groups in total. The monoisotopic (exact) mass is 169 g/mol. The van der Waals surface area contributed by atoms with Crippen molar-refractivity contribution in [3.05, 3.63) is 0 Å². The van der Waals surface area contributed by atoms with Crippen LogP contribution in [0.1, 0.15) is 6.92 Å². The predicted octanol–water partition coefficient (Wildman–Crippen LogP) is -0.442. The van der Waals surface area contributed by atoms with E-state index in [0.717, 1.165) is 19.7 Å². The highest BCUT2D eigenvalue weighted by Crippen LogP contribution is 2.03. The number of rotatable bonds is 2. The van der Waals surface area contributed by atoms with Gasteiger partial charge < -0.3 is 10.5 Å². The Morgan fingerprint density at radius 3 is 3.17 bits per heavy atom. The molecule has 0 amide bonds. The summed E-state index contributed by atoms with van der Waals surface area (Å²) in [6.45, 7) is 5.21. The Bertz CT molecular complexity index is 178. The fourth-order valence-corrected chi connectivity index (χ4v) is 1.38. The number of hydrogen-bond acceptors (Lipinski definition) is 4. The van der Waals surface area contributed by atoms with Crippen molar-refractivity contribution in [3.63, 3.8) is 0 Å². The lowest BCUT2D eigenvalue weighted by atomic mass is 10.2. The topological polar surface area (TPSA) is 62.3 Å². The zero-order valence-electron chi connectivity index (χ0n) is 7.36. The average Bonchev–Trinajstić information content (AvgIpc) is 2.04. The van der Waals surface area contributed by atoms with Gasteiger partial charge in [-0.2, -0.15) is 5.26 Å². The summed E-state index contributed by atoms with van der Waals surface area (Å²) in [6.07, 6.45) is 0.268. The van der Waals surface area contributed by atoms with E-state index in [9.17, 15) is 0 Å². The molecule has 1 saturated heterocycles. The molecule has 0 aromatic heterocycles. The maximum absolute atomic E-state index is 8.50. The van der Waals surface area contributed by atoms with Gasteiger partial charge in [-0.15, -0.1) is 0 Å². The molecule has 68 valence electrons. The second kappa shape index (κ2) is 4.41. The second-order valence-corrected chi connectivity index (χ2v) is 3.18. The van der Waals surface area contributed by atoms with Crippen LogP contribution in [0.3, 0.4) is 0 Å². The zero-order chi connectivity index (χ0) is 8.97. The Morgan fingerprint density at radius 1 is 1.83 bits per heavy atom. The van der Waals surface area contributed by atoms with E-state index in [1.54, 1.807) is 0 Å². The first-order chi connectivity index (χ1) is 5.72. The van der Waals surface area contributed by atoms with Crippen LogP contribution in [0.15, 0.2) is 0 Å². The van der Waals surface area contributed by atoms with Crippen molar-refractivity contribution in [2.45, 2.75) is 19.1 Å². The molecule has 0 radical (unpaired) electrons. The van der Waals surface area contributed by atoms with Crippen molar-refractivity contribution in [1.82, 2.24) is 4.90 Å². The summed E-state index contributed by atoms with van der Waals surface area (Å²) >= 11 is 0. The Balaban J connectivity index is 2.28. The molecule has 2 unspecified atom stereocenters. The van der Waals surface area contributed by atoms with Crippen LogP contribution in [-0.4, -0.2) is 43.3 Å². The molecule has 0 saturated carbocycles. The van der Waals surface area contributed by atoms with Crippen molar-refractivity contribution in [2.75, 3.05) is 26.2 Å². The molecule has 0 aromatic carbocycles. The number of nitrogens with zero attached hydrogens (tertiary/aromatic N) is 2. The summed E-state index contributed by atoms with van der Waals surface area (Å²) in [5.41, 5.74) is 5.51. The molecule has 2 atom stereocenters. The van der Waals surface area contributed by atoms with Crippen LogP contribution < -0.4 is 5.73 Å². The van der Waals surface area contributed by atoms with Crippen LogP contribution >= 0.6 is 0 Å². The molecule has 1 aliphatic rings. The number of ether oxygens (including phenoxy) is 1. The van der Waals surface area contributed by atoms with E-state index >= 15 is 0 Å². The average molecular weight is 169 g/mol. The smallest absolute Gasteiger partial charge is 0.106 e. The third-order valence-corrected chi connectivity index (χ3v) is 1.95. The highest BCUT2D eigenvalue weighted by atomic mass is 16.5. The molecule has 1 aliphatic heterocycles. The molecule has 0 aliphatic carbocycles. The normalized spacial score (nSPS) is 27.9. The fraction of sp³-hybridized carbons (Fsp3) is 0.875. The third-order valence-electron chi connectivity index (χ3n) is 1.95. The van der Waals surface area contributed by atoms with Gasteiger partial charge in [0.15, 0.2) is 0 Å². The van der Waals surface area contributed by atoms with Gasteiger partial charge >= 0.3 is 0 Å². The lowest BCUT2D eigenvalue weighted by Gasteiger charge is -2.31. The first-order valence-corrected chi connectivity index (χ1v) is 4.21. The molecular weight excluding hydrogens is 154 g/mol. The van der Waals surface area contributed by atoms with Crippen LogP contribution in [-0.2, 0) is 4.74 Å². The van der Waals surface area contributed by atoms with Gasteiger partial charge in [-0.05, 0) is 6.92 Å². The quantitative estimate of drug-likeness (QED) is 0.608. The molecule has 0 aromatic rings. The maximum atomic E-state index is 8.50. The minimum Gasteiger partial charge on any atom is -0.376 e. The van der Waals surface area contributed by atoms with E-state index in [2.05, 4.69) is 4.90 Å². The molecule has 12 heavy (non-hydrogen) atoms. The fourth-order valence-electron chi connectivity index (χ4n) is 1.38. The Labute approximate surface area is 72.9 Å². The molecule has 1 heterocycles. The van der Waals surface area contributed by atoms with Crippen molar-refractivity contribution in [3.8, 4) is 6.07 Å². The molecule has 4 nitrogen and oxygen atoms in total. The molecular formula is C8H15N3O. The highest BCUT2D eigenvalue weighted by molar-refractivity contribution is 4.89. The van der Waals surface area contributed by atoms with Gasteiger partial charge in [-0.25, -0.2) is 0 Å². The summed E-state index contributed by atoms with van der Waals surface area (Å²) in [7, 11) is 0. The summed E-state index contributed by atoms with van der Waals surface area (Å²) < 4.78 is 5.36. The van der Waals surface area contributed by atoms with Crippen molar-refractivity contribution in [1.29, 1.82) is 5.26 Å². The van der Waals surface area contributed by atoms with Crippen LogP contribution in [0, 0.1) is 11.3 Å². The second-order valence-electron chi connectivity index (χ2n) is 3.18. The summed E-state index contributed by atoms with van der Waals surface area (Å²) in [5, 5.41) is 8.50. The number of nitriles is 1. The van der Waals surface area contributed by atoms with Crippen molar-refractivity contribution < 1.29 is 4.74 Å². The number of morpholine rings is 1. The first kappa shape index (κ1) is 9.46. The van der Waals surface area contributed by atoms with E-state index in [4.69, 9.17) is 15.7 Å². The standard InChI is InChI=1S/C8H15N3O/c1-7-5-11(2-3-12-7)6-8(10)4-9/h7-8H,2-3,5-6,10H2,1H3. The predicted molar refractivity (Wildman–Crippen MR) is 45.4 cm³/mol. The lowest BCUT2D eigenvalue weighted by molar-refractivity contribution is -0.0185.